The van der Waals surface area contributed by atoms with E-state index in [4.69, 9.17) is 5.73 Å². The van der Waals surface area contributed by atoms with Crippen LogP contribution in [0.15, 0.2) is 12.3 Å². The van der Waals surface area contributed by atoms with Crippen molar-refractivity contribution in [3.63, 3.8) is 0 Å². The molecule has 3 nitrogen and oxygen atoms in total. The van der Waals surface area contributed by atoms with E-state index in [1.165, 1.54) is 12.8 Å². The lowest BCUT2D eigenvalue weighted by molar-refractivity contribution is 0.199. The molecule has 0 atom stereocenters. The lowest BCUT2D eigenvalue weighted by Crippen LogP contribution is -2.38. The molecule has 1 aromatic rings. The van der Waals surface area contributed by atoms with Crippen molar-refractivity contribution in [2.45, 2.75) is 40.5 Å². The summed E-state index contributed by atoms with van der Waals surface area (Å²) in [7, 11) is 0. The van der Waals surface area contributed by atoms with Gasteiger partial charge in [-0.15, -0.1) is 0 Å². The number of rotatable bonds is 1. The summed E-state index contributed by atoms with van der Waals surface area (Å²) in [6.07, 6.45) is 4.37. The molecule has 2 heterocycles. The molecule has 2 N–H and O–H groups in total. The van der Waals surface area contributed by atoms with Crippen LogP contribution >= 0.6 is 0 Å². The van der Waals surface area contributed by atoms with E-state index in [1.807, 2.05) is 19.2 Å². The van der Waals surface area contributed by atoms with Crippen LogP contribution in [0.5, 0.6) is 0 Å². The lowest BCUT2D eigenvalue weighted by atomic mass is 9.75. The van der Waals surface area contributed by atoms with Crippen molar-refractivity contribution >= 4 is 11.5 Å². The summed E-state index contributed by atoms with van der Waals surface area (Å²) in [6.45, 7) is 11.2. The number of anilines is 2. The van der Waals surface area contributed by atoms with E-state index in [0.717, 1.165) is 36.1 Å². The Kier molecular flexibility index (Phi) is 3.51. The van der Waals surface area contributed by atoms with E-state index in [9.17, 15) is 0 Å². The highest BCUT2D eigenvalue weighted by molar-refractivity contribution is 5.63. The number of pyridine rings is 1. The van der Waals surface area contributed by atoms with Gasteiger partial charge < -0.3 is 10.6 Å². The second-order valence-electron chi connectivity index (χ2n) is 6.55. The molecule has 100 valence electrons. The Hall–Kier alpha value is -1.25. The Morgan fingerprint density at radius 3 is 2.39 bits per heavy atom. The highest BCUT2D eigenvalue weighted by Crippen LogP contribution is 2.36. The molecule has 1 fully saturated rings. The van der Waals surface area contributed by atoms with E-state index in [-0.39, 0.29) is 0 Å². The summed E-state index contributed by atoms with van der Waals surface area (Å²) in [6, 6.07) is 2.01. The SMILES string of the molecule is Cc1cnc(N2CCC(C(C)(C)C)CC2)c(N)c1. The number of piperidine rings is 1. The average molecular weight is 247 g/mol. The molecular weight excluding hydrogens is 222 g/mol. The molecule has 1 aliphatic rings. The molecule has 1 aliphatic heterocycles. The number of hydrogen-bond donors (Lipinski definition) is 1. The number of nitrogens with zero attached hydrogens (tertiary/aromatic N) is 2. The van der Waals surface area contributed by atoms with Crippen LogP contribution in [-0.2, 0) is 0 Å². The van der Waals surface area contributed by atoms with Gasteiger partial charge in [0.1, 0.15) is 0 Å². The Balaban J connectivity index is 2.06. The molecule has 0 radical (unpaired) electrons. The zero-order chi connectivity index (χ0) is 13.3. The van der Waals surface area contributed by atoms with Crippen LogP contribution < -0.4 is 10.6 Å². The smallest absolute Gasteiger partial charge is 0.151 e. The predicted molar refractivity (Wildman–Crippen MR) is 77.8 cm³/mol. The fourth-order valence-electron chi connectivity index (χ4n) is 2.81. The quantitative estimate of drug-likeness (QED) is 0.828. The van der Waals surface area contributed by atoms with Crippen LogP contribution in [0.2, 0.25) is 0 Å². The van der Waals surface area contributed by atoms with Crippen molar-refractivity contribution in [2.24, 2.45) is 11.3 Å². The number of aryl methyl sites for hydroxylation is 1. The summed E-state index contributed by atoms with van der Waals surface area (Å²) in [5.41, 5.74) is 8.42. The van der Waals surface area contributed by atoms with Crippen LogP contribution in [0.25, 0.3) is 0 Å². The summed E-state index contributed by atoms with van der Waals surface area (Å²) in [5.74, 6) is 1.77. The molecule has 0 aromatic carbocycles. The molecule has 1 aromatic heterocycles. The molecule has 0 spiro atoms. The lowest BCUT2D eigenvalue weighted by Gasteiger charge is -2.39. The van der Waals surface area contributed by atoms with E-state index in [1.54, 1.807) is 0 Å². The minimum atomic E-state index is 0.415. The third-order valence-corrected chi connectivity index (χ3v) is 4.05. The van der Waals surface area contributed by atoms with E-state index in [2.05, 4.69) is 30.7 Å². The van der Waals surface area contributed by atoms with Crippen LogP contribution in [-0.4, -0.2) is 18.1 Å². The molecule has 1 saturated heterocycles. The van der Waals surface area contributed by atoms with Gasteiger partial charge in [0.05, 0.1) is 5.69 Å². The molecule has 0 unspecified atom stereocenters. The first-order chi connectivity index (χ1) is 8.38. The molecule has 2 rings (SSSR count). The Morgan fingerprint density at radius 2 is 1.89 bits per heavy atom. The molecule has 0 aliphatic carbocycles. The third-order valence-electron chi connectivity index (χ3n) is 4.05. The monoisotopic (exact) mass is 247 g/mol. The van der Waals surface area contributed by atoms with Crippen molar-refractivity contribution in [2.75, 3.05) is 23.7 Å². The first-order valence-electron chi connectivity index (χ1n) is 6.85. The first kappa shape index (κ1) is 13.2. The number of nitrogens with two attached hydrogens (primary N) is 1. The van der Waals surface area contributed by atoms with Gasteiger partial charge >= 0.3 is 0 Å². The van der Waals surface area contributed by atoms with Crippen LogP contribution in [0.3, 0.4) is 0 Å². The predicted octanol–water partition coefficient (Wildman–Crippen LogP) is 3.23. The fourth-order valence-corrected chi connectivity index (χ4v) is 2.81. The first-order valence-corrected chi connectivity index (χ1v) is 6.85. The van der Waals surface area contributed by atoms with Gasteiger partial charge in [-0.1, -0.05) is 20.8 Å². The number of nitrogen functional groups attached to an aromatic ring is 1. The minimum absolute atomic E-state index is 0.415. The summed E-state index contributed by atoms with van der Waals surface area (Å²) < 4.78 is 0. The van der Waals surface area contributed by atoms with Crippen LogP contribution in [0, 0.1) is 18.3 Å². The second-order valence-corrected chi connectivity index (χ2v) is 6.55. The van der Waals surface area contributed by atoms with E-state index >= 15 is 0 Å². The van der Waals surface area contributed by atoms with Gasteiger partial charge in [0.15, 0.2) is 5.82 Å². The summed E-state index contributed by atoms with van der Waals surface area (Å²) in [4.78, 5) is 6.82. The van der Waals surface area contributed by atoms with E-state index in [0.29, 0.717) is 5.41 Å². The maximum Gasteiger partial charge on any atom is 0.151 e. The van der Waals surface area contributed by atoms with Gasteiger partial charge in [-0.3, -0.25) is 0 Å². The Bertz CT molecular complexity index is 412. The van der Waals surface area contributed by atoms with Crippen molar-refractivity contribution in [3.8, 4) is 0 Å². The standard InChI is InChI=1S/C15H25N3/c1-11-9-13(16)14(17-10-11)18-7-5-12(6-8-18)15(2,3)4/h9-10,12H,5-8,16H2,1-4H3. The van der Waals surface area contributed by atoms with Crippen molar-refractivity contribution in [3.05, 3.63) is 17.8 Å². The summed E-state index contributed by atoms with van der Waals surface area (Å²) in [5, 5.41) is 0. The van der Waals surface area contributed by atoms with Gasteiger partial charge in [-0.05, 0) is 42.7 Å². The Morgan fingerprint density at radius 1 is 1.28 bits per heavy atom. The molecule has 18 heavy (non-hydrogen) atoms. The average Bonchev–Trinajstić information content (AvgIpc) is 2.28. The maximum absolute atomic E-state index is 6.07. The minimum Gasteiger partial charge on any atom is -0.396 e. The van der Waals surface area contributed by atoms with Gasteiger partial charge in [-0.2, -0.15) is 0 Å². The molecule has 0 saturated carbocycles. The second kappa shape index (κ2) is 4.79. The van der Waals surface area contributed by atoms with Crippen LogP contribution in [0.1, 0.15) is 39.2 Å². The Labute approximate surface area is 110 Å². The van der Waals surface area contributed by atoms with Gasteiger partial charge in [0.2, 0.25) is 0 Å². The number of aromatic nitrogens is 1. The maximum atomic E-state index is 6.07. The molecular formula is C15H25N3. The molecule has 3 heteroatoms. The normalized spacial score (nSPS) is 18.1. The highest BCUT2D eigenvalue weighted by atomic mass is 15.2. The largest absolute Gasteiger partial charge is 0.396 e. The third kappa shape index (κ3) is 2.77. The van der Waals surface area contributed by atoms with Gasteiger partial charge in [0.25, 0.3) is 0 Å². The summed E-state index contributed by atoms with van der Waals surface area (Å²) >= 11 is 0. The van der Waals surface area contributed by atoms with Gasteiger partial charge in [-0.25, -0.2) is 4.98 Å². The highest BCUT2D eigenvalue weighted by Gasteiger charge is 2.29. The van der Waals surface area contributed by atoms with Crippen molar-refractivity contribution in [1.29, 1.82) is 0 Å². The van der Waals surface area contributed by atoms with Crippen molar-refractivity contribution < 1.29 is 0 Å². The zero-order valence-corrected chi connectivity index (χ0v) is 12.0. The van der Waals surface area contributed by atoms with Crippen molar-refractivity contribution in [1.82, 2.24) is 4.98 Å². The van der Waals surface area contributed by atoms with Gasteiger partial charge in [0, 0.05) is 19.3 Å². The van der Waals surface area contributed by atoms with E-state index < -0.39 is 0 Å². The molecule has 0 amide bonds. The number of hydrogen-bond acceptors (Lipinski definition) is 3. The fraction of sp³-hybridized carbons (Fsp3) is 0.667. The van der Waals surface area contributed by atoms with Crippen LogP contribution in [0.4, 0.5) is 11.5 Å². The topological polar surface area (TPSA) is 42.2 Å². The molecule has 0 bridgehead atoms. The zero-order valence-electron chi connectivity index (χ0n) is 12.0.